The van der Waals surface area contributed by atoms with Crippen LogP contribution in [0.2, 0.25) is 0 Å². The first kappa shape index (κ1) is 19.9. The van der Waals surface area contributed by atoms with Crippen LogP contribution in [0.15, 0.2) is 54.6 Å². The van der Waals surface area contributed by atoms with Crippen molar-refractivity contribution < 1.29 is 4.79 Å². The standard InChI is InChI=1S/C24H29N3O/c1-17-22(18(2)26(6)25-17)16-27(21-10-8-7-9-11-21)23(28)19-12-14-20(15-13-19)24(3,4)5/h7-15H,16H2,1-6H3. The molecular formula is C24H29N3O. The van der Waals surface area contributed by atoms with Gasteiger partial charge in [-0.3, -0.25) is 9.48 Å². The first-order valence-electron chi connectivity index (χ1n) is 9.65. The summed E-state index contributed by atoms with van der Waals surface area (Å²) in [5, 5.41) is 4.51. The number of nitrogens with zero attached hydrogens (tertiary/aromatic N) is 3. The lowest BCUT2D eigenvalue weighted by molar-refractivity contribution is 0.0985. The Labute approximate surface area is 167 Å². The highest BCUT2D eigenvalue weighted by Crippen LogP contribution is 2.25. The highest BCUT2D eigenvalue weighted by molar-refractivity contribution is 6.06. The second-order valence-electron chi connectivity index (χ2n) is 8.33. The summed E-state index contributed by atoms with van der Waals surface area (Å²) in [6.07, 6.45) is 0. The SMILES string of the molecule is Cc1nn(C)c(C)c1CN(C(=O)c1ccc(C(C)(C)C)cc1)c1ccccc1. The van der Waals surface area contributed by atoms with Crippen molar-refractivity contribution in [3.05, 3.63) is 82.7 Å². The molecule has 0 saturated carbocycles. The number of amides is 1. The number of benzene rings is 2. The zero-order valence-electron chi connectivity index (χ0n) is 17.7. The van der Waals surface area contributed by atoms with Gasteiger partial charge in [-0.2, -0.15) is 5.10 Å². The Kier molecular flexibility index (Phi) is 5.41. The highest BCUT2D eigenvalue weighted by Gasteiger charge is 2.22. The average molecular weight is 376 g/mol. The number of hydrogen-bond acceptors (Lipinski definition) is 2. The fourth-order valence-electron chi connectivity index (χ4n) is 3.36. The minimum atomic E-state index is -0.00527. The van der Waals surface area contributed by atoms with Gasteiger partial charge in [0.25, 0.3) is 5.91 Å². The van der Waals surface area contributed by atoms with Crippen LogP contribution in [0.3, 0.4) is 0 Å². The predicted molar refractivity (Wildman–Crippen MR) is 115 cm³/mol. The van der Waals surface area contributed by atoms with Crippen LogP contribution in [0, 0.1) is 13.8 Å². The number of carbonyl (C=O) groups is 1. The van der Waals surface area contributed by atoms with Gasteiger partial charge >= 0.3 is 0 Å². The molecule has 0 fully saturated rings. The van der Waals surface area contributed by atoms with E-state index in [1.54, 1.807) is 0 Å². The quantitative estimate of drug-likeness (QED) is 0.630. The summed E-state index contributed by atoms with van der Waals surface area (Å²) in [4.78, 5) is 15.3. The normalized spacial score (nSPS) is 11.5. The Morgan fingerprint density at radius 3 is 2.11 bits per heavy atom. The summed E-state index contributed by atoms with van der Waals surface area (Å²) in [6, 6.07) is 17.8. The van der Waals surface area contributed by atoms with Gasteiger partial charge in [-0.15, -0.1) is 0 Å². The number of aryl methyl sites for hydroxylation is 2. The van der Waals surface area contributed by atoms with E-state index < -0.39 is 0 Å². The van der Waals surface area contributed by atoms with Crippen molar-refractivity contribution in [2.75, 3.05) is 4.90 Å². The molecule has 0 saturated heterocycles. The fourth-order valence-corrected chi connectivity index (χ4v) is 3.36. The van der Waals surface area contributed by atoms with E-state index in [9.17, 15) is 4.79 Å². The number of hydrogen-bond donors (Lipinski definition) is 0. The lowest BCUT2D eigenvalue weighted by atomic mass is 9.86. The van der Waals surface area contributed by atoms with E-state index in [2.05, 4.69) is 38.0 Å². The second kappa shape index (κ2) is 7.63. The van der Waals surface area contributed by atoms with Crippen LogP contribution in [-0.4, -0.2) is 15.7 Å². The molecule has 0 atom stereocenters. The Morgan fingerprint density at radius 2 is 1.61 bits per heavy atom. The van der Waals surface area contributed by atoms with E-state index in [1.807, 2.05) is 72.9 Å². The molecule has 3 aromatic rings. The first-order chi connectivity index (χ1) is 13.2. The van der Waals surface area contributed by atoms with Crippen LogP contribution in [-0.2, 0) is 19.0 Å². The molecule has 0 bridgehead atoms. The van der Waals surface area contributed by atoms with Crippen LogP contribution in [0.5, 0.6) is 0 Å². The molecule has 28 heavy (non-hydrogen) atoms. The maximum absolute atomic E-state index is 13.4. The molecule has 3 rings (SSSR count). The van der Waals surface area contributed by atoms with Gasteiger partial charge in [0.1, 0.15) is 0 Å². The predicted octanol–water partition coefficient (Wildman–Crippen LogP) is 5.18. The molecule has 0 radical (unpaired) electrons. The van der Waals surface area contributed by atoms with Crippen LogP contribution in [0.1, 0.15) is 53.6 Å². The van der Waals surface area contributed by atoms with Gasteiger partial charge in [-0.1, -0.05) is 51.1 Å². The largest absolute Gasteiger partial charge is 0.304 e. The minimum Gasteiger partial charge on any atom is -0.304 e. The van der Waals surface area contributed by atoms with Crippen LogP contribution >= 0.6 is 0 Å². The Morgan fingerprint density at radius 1 is 1.00 bits per heavy atom. The van der Waals surface area contributed by atoms with Crippen molar-refractivity contribution in [1.29, 1.82) is 0 Å². The zero-order chi connectivity index (χ0) is 20.5. The molecule has 1 amide bonds. The second-order valence-corrected chi connectivity index (χ2v) is 8.33. The van der Waals surface area contributed by atoms with Crippen molar-refractivity contribution in [3.8, 4) is 0 Å². The van der Waals surface area contributed by atoms with Crippen molar-refractivity contribution in [2.24, 2.45) is 7.05 Å². The Balaban J connectivity index is 1.98. The molecule has 146 valence electrons. The van der Waals surface area contributed by atoms with Crippen molar-refractivity contribution in [2.45, 2.75) is 46.6 Å². The molecule has 0 spiro atoms. The lowest BCUT2D eigenvalue weighted by Crippen LogP contribution is -2.31. The smallest absolute Gasteiger partial charge is 0.258 e. The van der Waals surface area contributed by atoms with Gasteiger partial charge in [-0.05, 0) is 49.1 Å². The van der Waals surface area contributed by atoms with Gasteiger partial charge in [-0.25, -0.2) is 0 Å². The van der Waals surface area contributed by atoms with Gasteiger partial charge in [0.2, 0.25) is 0 Å². The number of para-hydroxylation sites is 1. The van der Waals surface area contributed by atoms with Gasteiger partial charge in [0, 0.05) is 29.6 Å². The Hall–Kier alpha value is -2.88. The van der Waals surface area contributed by atoms with Crippen LogP contribution < -0.4 is 4.90 Å². The van der Waals surface area contributed by atoms with Crippen molar-refractivity contribution in [3.63, 3.8) is 0 Å². The maximum atomic E-state index is 13.4. The van der Waals surface area contributed by atoms with E-state index >= 15 is 0 Å². The highest BCUT2D eigenvalue weighted by atomic mass is 16.2. The van der Waals surface area contributed by atoms with Crippen molar-refractivity contribution in [1.82, 2.24) is 9.78 Å². The molecule has 4 nitrogen and oxygen atoms in total. The summed E-state index contributed by atoms with van der Waals surface area (Å²) >= 11 is 0. The molecule has 4 heteroatoms. The number of aromatic nitrogens is 2. The third-order valence-electron chi connectivity index (χ3n) is 5.29. The zero-order valence-corrected chi connectivity index (χ0v) is 17.7. The third-order valence-corrected chi connectivity index (χ3v) is 5.29. The molecule has 1 heterocycles. The molecule has 0 aliphatic carbocycles. The maximum Gasteiger partial charge on any atom is 0.258 e. The molecule has 0 aliphatic heterocycles. The van der Waals surface area contributed by atoms with Gasteiger partial charge in [0.05, 0.1) is 12.2 Å². The molecule has 0 aliphatic rings. The summed E-state index contributed by atoms with van der Waals surface area (Å²) in [6.45, 7) is 11.1. The number of carbonyl (C=O) groups excluding carboxylic acids is 1. The van der Waals surface area contributed by atoms with E-state index in [1.165, 1.54) is 5.56 Å². The average Bonchev–Trinajstić information content (AvgIpc) is 2.91. The summed E-state index contributed by atoms with van der Waals surface area (Å²) in [5.74, 6) is -0.00527. The van der Waals surface area contributed by atoms with E-state index in [0.29, 0.717) is 12.1 Å². The summed E-state index contributed by atoms with van der Waals surface area (Å²) in [5.41, 5.74) is 5.97. The summed E-state index contributed by atoms with van der Waals surface area (Å²) in [7, 11) is 1.94. The molecule has 0 unspecified atom stereocenters. The number of anilines is 1. The number of rotatable bonds is 4. The van der Waals surface area contributed by atoms with E-state index in [-0.39, 0.29) is 11.3 Å². The third kappa shape index (κ3) is 4.01. The van der Waals surface area contributed by atoms with Crippen LogP contribution in [0.4, 0.5) is 5.69 Å². The summed E-state index contributed by atoms with van der Waals surface area (Å²) < 4.78 is 1.87. The van der Waals surface area contributed by atoms with E-state index in [0.717, 1.165) is 22.6 Å². The molecule has 1 aromatic heterocycles. The van der Waals surface area contributed by atoms with Gasteiger partial charge < -0.3 is 4.90 Å². The molecular weight excluding hydrogens is 346 g/mol. The first-order valence-corrected chi connectivity index (χ1v) is 9.65. The minimum absolute atomic E-state index is 0.00527. The van der Waals surface area contributed by atoms with Gasteiger partial charge in [0.15, 0.2) is 0 Å². The lowest BCUT2D eigenvalue weighted by Gasteiger charge is -2.24. The van der Waals surface area contributed by atoms with Crippen molar-refractivity contribution >= 4 is 11.6 Å². The molecule has 0 N–H and O–H groups in total. The Bertz CT molecular complexity index is 964. The molecule has 2 aromatic carbocycles. The monoisotopic (exact) mass is 375 g/mol. The topological polar surface area (TPSA) is 38.1 Å². The van der Waals surface area contributed by atoms with Crippen LogP contribution in [0.25, 0.3) is 0 Å². The van der Waals surface area contributed by atoms with E-state index in [4.69, 9.17) is 0 Å². The fraction of sp³-hybridized carbons (Fsp3) is 0.333.